The highest BCUT2D eigenvalue weighted by molar-refractivity contribution is 5.95. The van der Waals surface area contributed by atoms with Crippen molar-refractivity contribution >= 4 is 16.7 Å². The van der Waals surface area contributed by atoms with Crippen molar-refractivity contribution in [1.82, 2.24) is 19.7 Å². The summed E-state index contributed by atoms with van der Waals surface area (Å²) in [4.78, 5) is 9.73. The second kappa shape index (κ2) is 9.88. The number of likely N-dealkylation sites (tertiary alicyclic amines) is 1. The van der Waals surface area contributed by atoms with Gasteiger partial charge in [-0.25, -0.2) is 14.1 Å². The van der Waals surface area contributed by atoms with Crippen molar-refractivity contribution in [2.75, 3.05) is 38.2 Å². The number of rotatable bonds is 6. The van der Waals surface area contributed by atoms with Crippen LogP contribution in [0.5, 0.6) is 5.88 Å². The lowest BCUT2D eigenvalue weighted by Gasteiger charge is -2.42. The lowest BCUT2D eigenvalue weighted by atomic mass is 9.98. The zero-order valence-corrected chi connectivity index (χ0v) is 20.3. The molecule has 0 saturated carbocycles. The smallest absolute Gasteiger partial charge is 0.245 e. The molecule has 4 heterocycles. The molecule has 3 aromatic rings. The predicted molar refractivity (Wildman–Crippen MR) is 131 cm³/mol. The zero-order chi connectivity index (χ0) is 23.7. The summed E-state index contributed by atoms with van der Waals surface area (Å²) >= 11 is 0. The molecule has 7 nitrogen and oxygen atoms in total. The van der Waals surface area contributed by atoms with Crippen LogP contribution in [0.2, 0.25) is 0 Å². The molecule has 0 unspecified atom stereocenters. The second-order valence-corrected chi connectivity index (χ2v) is 9.58. The summed E-state index contributed by atoms with van der Waals surface area (Å²) in [5.41, 5.74) is 2.59. The summed E-state index contributed by atoms with van der Waals surface area (Å²) in [5, 5.41) is 5.67. The molecule has 8 heteroatoms. The van der Waals surface area contributed by atoms with Gasteiger partial charge in [0, 0.05) is 45.5 Å². The van der Waals surface area contributed by atoms with E-state index in [4.69, 9.17) is 14.6 Å². The first-order chi connectivity index (χ1) is 16.5. The topological polar surface area (TPSA) is 55.6 Å². The number of anilines is 1. The number of pyridine rings is 1. The molecule has 2 aliphatic rings. The second-order valence-electron chi connectivity index (χ2n) is 9.58. The fourth-order valence-electron chi connectivity index (χ4n) is 5.28. The van der Waals surface area contributed by atoms with Crippen molar-refractivity contribution in [3.05, 3.63) is 42.3 Å². The minimum absolute atomic E-state index is 0.0198. The van der Waals surface area contributed by atoms with Crippen molar-refractivity contribution in [1.29, 1.82) is 0 Å². The number of hydrogen-bond acceptors (Lipinski definition) is 6. The predicted octanol–water partition coefficient (Wildman–Crippen LogP) is 4.43. The number of hydrogen-bond donors (Lipinski definition) is 0. The van der Waals surface area contributed by atoms with Crippen LogP contribution in [0, 0.1) is 5.82 Å². The molecule has 0 radical (unpaired) electrons. The third kappa shape index (κ3) is 4.61. The molecule has 182 valence electrons. The fourth-order valence-corrected chi connectivity index (χ4v) is 5.28. The molecule has 2 aliphatic heterocycles. The van der Waals surface area contributed by atoms with Gasteiger partial charge in [-0.2, -0.15) is 0 Å². The minimum Gasteiger partial charge on any atom is -0.473 e. The van der Waals surface area contributed by atoms with Crippen LogP contribution in [0.15, 0.2) is 36.5 Å². The van der Waals surface area contributed by atoms with Gasteiger partial charge in [0.2, 0.25) is 5.88 Å². The van der Waals surface area contributed by atoms with E-state index in [0.717, 1.165) is 74.3 Å². The summed E-state index contributed by atoms with van der Waals surface area (Å²) in [6, 6.07) is 9.00. The monoisotopic (exact) mass is 467 g/mol. The average molecular weight is 468 g/mol. The van der Waals surface area contributed by atoms with E-state index in [-0.39, 0.29) is 11.9 Å². The molecule has 0 atom stereocenters. The van der Waals surface area contributed by atoms with E-state index in [1.165, 1.54) is 12.1 Å². The molecule has 2 saturated heterocycles. The van der Waals surface area contributed by atoms with Crippen LogP contribution in [-0.2, 0) is 4.74 Å². The van der Waals surface area contributed by atoms with E-state index in [1.807, 2.05) is 27.2 Å². The summed E-state index contributed by atoms with van der Waals surface area (Å²) in [5.74, 6) is 0.294. The summed E-state index contributed by atoms with van der Waals surface area (Å²) in [6.07, 6.45) is 6.74. The Bertz CT molecular complexity index is 1100. The lowest BCUT2D eigenvalue weighted by Crippen LogP contribution is -2.48. The molecule has 0 bridgehead atoms. The van der Waals surface area contributed by atoms with E-state index in [2.05, 4.69) is 20.9 Å². The van der Waals surface area contributed by atoms with E-state index in [0.29, 0.717) is 18.0 Å². The molecule has 34 heavy (non-hydrogen) atoms. The van der Waals surface area contributed by atoms with Gasteiger partial charge in [0.15, 0.2) is 5.65 Å². The van der Waals surface area contributed by atoms with Crippen LogP contribution < -0.4 is 9.64 Å². The summed E-state index contributed by atoms with van der Waals surface area (Å²) in [6.45, 7) is 8.21. The van der Waals surface area contributed by atoms with Gasteiger partial charge in [-0.05, 0) is 69.9 Å². The van der Waals surface area contributed by atoms with Gasteiger partial charge in [0.05, 0.1) is 23.6 Å². The van der Waals surface area contributed by atoms with Crippen LogP contribution >= 0.6 is 0 Å². The Labute approximate surface area is 200 Å². The molecular formula is C26H34FN5O2. The van der Waals surface area contributed by atoms with Gasteiger partial charge in [-0.1, -0.05) is 0 Å². The highest BCUT2D eigenvalue weighted by Crippen LogP contribution is 2.36. The molecule has 2 fully saturated rings. The summed E-state index contributed by atoms with van der Waals surface area (Å²) < 4.78 is 26.9. The number of ether oxygens (including phenoxy) is 2. The SMILES string of the molecule is COC1CCN(C2CCN(c3ccnc4c3c(OC(C)C)nn4-c3ccc(F)cc3)CC2)CC1. The zero-order valence-electron chi connectivity index (χ0n) is 20.3. The Kier molecular flexibility index (Phi) is 6.70. The fraction of sp³-hybridized carbons (Fsp3) is 0.538. The number of aromatic nitrogens is 3. The van der Waals surface area contributed by atoms with Crippen molar-refractivity contribution in [2.24, 2.45) is 0 Å². The standard InChI is InChI=1S/C26H34FN5O2/c1-18(2)34-26-24-23(8-13-28-25(24)32(29-26)21-6-4-19(27)5-7-21)31-14-9-20(10-15-31)30-16-11-22(33-3)12-17-30/h4-8,13,18,20,22H,9-12,14-17H2,1-3H3. The Morgan fingerprint density at radius 3 is 2.32 bits per heavy atom. The molecule has 1 aromatic carbocycles. The first-order valence-corrected chi connectivity index (χ1v) is 12.4. The van der Waals surface area contributed by atoms with Crippen LogP contribution in [0.1, 0.15) is 39.5 Å². The van der Waals surface area contributed by atoms with Gasteiger partial charge in [0.1, 0.15) is 11.2 Å². The van der Waals surface area contributed by atoms with Crippen molar-refractivity contribution < 1.29 is 13.9 Å². The number of halogens is 1. The Hall–Kier alpha value is -2.71. The Balaban J connectivity index is 1.41. The molecule has 2 aromatic heterocycles. The van der Waals surface area contributed by atoms with E-state index in [9.17, 15) is 4.39 Å². The number of fused-ring (bicyclic) bond motifs is 1. The third-order valence-corrected chi connectivity index (χ3v) is 7.06. The molecule has 0 aliphatic carbocycles. The Morgan fingerprint density at radius 2 is 1.68 bits per heavy atom. The number of nitrogens with zero attached hydrogens (tertiary/aromatic N) is 5. The normalized spacial score (nSPS) is 18.8. The van der Waals surface area contributed by atoms with Crippen molar-refractivity contribution in [2.45, 2.75) is 57.8 Å². The van der Waals surface area contributed by atoms with Gasteiger partial charge in [-0.3, -0.25) is 0 Å². The number of piperidine rings is 2. The minimum atomic E-state index is -0.276. The lowest BCUT2D eigenvalue weighted by molar-refractivity contribution is 0.0233. The van der Waals surface area contributed by atoms with E-state index in [1.54, 1.807) is 16.8 Å². The van der Waals surface area contributed by atoms with Crippen molar-refractivity contribution in [3.63, 3.8) is 0 Å². The molecule has 5 rings (SSSR count). The third-order valence-electron chi connectivity index (χ3n) is 7.06. The van der Waals surface area contributed by atoms with Gasteiger partial charge < -0.3 is 19.3 Å². The average Bonchev–Trinajstić information content (AvgIpc) is 3.22. The molecular weight excluding hydrogens is 433 g/mol. The first-order valence-electron chi connectivity index (χ1n) is 12.4. The van der Waals surface area contributed by atoms with E-state index < -0.39 is 0 Å². The highest BCUT2D eigenvalue weighted by atomic mass is 19.1. The highest BCUT2D eigenvalue weighted by Gasteiger charge is 2.30. The van der Waals surface area contributed by atoms with Crippen LogP contribution in [0.25, 0.3) is 16.7 Å². The van der Waals surface area contributed by atoms with Crippen molar-refractivity contribution in [3.8, 4) is 11.6 Å². The van der Waals surface area contributed by atoms with Gasteiger partial charge >= 0.3 is 0 Å². The number of methoxy groups -OCH3 is 1. The largest absolute Gasteiger partial charge is 0.473 e. The van der Waals surface area contributed by atoms with Crippen LogP contribution in [0.3, 0.4) is 0 Å². The molecule has 0 amide bonds. The maximum Gasteiger partial charge on any atom is 0.245 e. The quantitative estimate of drug-likeness (QED) is 0.535. The van der Waals surface area contributed by atoms with E-state index >= 15 is 0 Å². The Morgan fingerprint density at radius 1 is 0.971 bits per heavy atom. The molecule has 0 spiro atoms. The van der Waals surface area contributed by atoms with Crippen LogP contribution in [0.4, 0.5) is 10.1 Å². The maximum atomic E-state index is 13.5. The number of benzene rings is 1. The van der Waals surface area contributed by atoms with Gasteiger partial charge in [-0.15, -0.1) is 5.10 Å². The first kappa shape index (κ1) is 23.1. The van der Waals surface area contributed by atoms with Crippen LogP contribution in [-0.4, -0.2) is 71.2 Å². The van der Waals surface area contributed by atoms with Gasteiger partial charge in [0.25, 0.3) is 0 Å². The maximum absolute atomic E-state index is 13.5. The summed E-state index contributed by atoms with van der Waals surface area (Å²) in [7, 11) is 1.82. The molecule has 0 N–H and O–H groups in total.